The van der Waals surface area contributed by atoms with E-state index >= 15 is 0 Å². The molecule has 1 atom stereocenters. The summed E-state index contributed by atoms with van der Waals surface area (Å²) in [5.74, 6) is -0.426. The first-order chi connectivity index (χ1) is 21.6. The van der Waals surface area contributed by atoms with Crippen molar-refractivity contribution in [2.75, 3.05) is 29.9 Å². The summed E-state index contributed by atoms with van der Waals surface area (Å²) in [7, 11) is 0. The van der Waals surface area contributed by atoms with Gasteiger partial charge >= 0.3 is 6.18 Å². The number of carbonyl (C=O) groups is 3. The Morgan fingerprint density at radius 2 is 1.91 bits per heavy atom. The molecule has 5 rings (SSSR count). The topological polar surface area (TPSA) is 94.6 Å². The lowest BCUT2D eigenvalue weighted by Crippen LogP contribution is -2.46. The summed E-state index contributed by atoms with van der Waals surface area (Å²) in [6, 6.07) is 12.6. The third-order valence-corrected chi connectivity index (χ3v) is 8.74. The summed E-state index contributed by atoms with van der Waals surface area (Å²) in [5, 5.41) is 6.02. The Morgan fingerprint density at radius 1 is 1.13 bits per heavy atom. The van der Waals surface area contributed by atoms with Crippen LogP contribution in [0.1, 0.15) is 60.5 Å². The number of nitrogens with one attached hydrogen (secondary N) is 2. The predicted octanol–water partition coefficient (Wildman–Crippen LogP) is 6.54. The van der Waals surface area contributed by atoms with Crippen molar-refractivity contribution in [1.82, 2.24) is 15.2 Å². The van der Waals surface area contributed by atoms with Gasteiger partial charge < -0.3 is 15.1 Å². The number of hydrogen-bond acceptors (Lipinski definition) is 6. The molecule has 0 spiro atoms. The normalized spacial score (nSPS) is 16.0. The SMILES string of the molecule is CCCC(C(=O)NC=O)N1Cc2cc(NCCC3CCN(c4ncc(-c5cccc(Cl)c5)cc4C(F)(F)F)CC3)ccc2C1=O. The Balaban J connectivity index is 1.16. The number of pyridine rings is 1. The molecule has 1 fully saturated rings. The molecule has 3 heterocycles. The second-order valence-electron chi connectivity index (χ2n) is 11.5. The second-order valence-corrected chi connectivity index (χ2v) is 11.9. The number of hydrogen-bond donors (Lipinski definition) is 2. The van der Waals surface area contributed by atoms with Crippen LogP contribution in [0, 0.1) is 5.92 Å². The van der Waals surface area contributed by atoms with Crippen molar-refractivity contribution in [3.63, 3.8) is 0 Å². The zero-order valence-corrected chi connectivity index (χ0v) is 25.6. The Morgan fingerprint density at radius 3 is 2.60 bits per heavy atom. The third kappa shape index (κ3) is 7.41. The second kappa shape index (κ2) is 13.9. The highest BCUT2D eigenvalue weighted by Crippen LogP contribution is 2.39. The maximum atomic E-state index is 14.1. The predicted molar refractivity (Wildman–Crippen MR) is 167 cm³/mol. The van der Waals surface area contributed by atoms with E-state index < -0.39 is 23.7 Å². The van der Waals surface area contributed by atoms with Gasteiger partial charge in [0.15, 0.2) is 0 Å². The van der Waals surface area contributed by atoms with E-state index in [1.165, 1.54) is 11.1 Å². The first-order valence-corrected chi connectivity index (χ1v) is 15.5. The zero-order valence-electron chi connectivity index (χ0n) is 24.9. The molecule has 0 saturated carbocycles. The number of nitrogens with zero attached hydrogens (tertiary/aromatic N) is 3. The number of benzene rings is 2. The monoisotopic (exact) mass is 641 g/mol. The van der Waals surface area contributed by atoms with Crippen molar-refractivity contribution in [2.24, 2.45) is 5.92 Å². The van der Waals surface area contributed by atoms with Crippen molar-refractivity contribution < 1.29 is 27.6 Å². The van der Waals surface area contributed by atoms with E-state index in [1.54, 1.807) is 35.2 Å². The third-order valence-electron chi connectivity index (χ3n) is 8.51. The largest absolute Gasteiger partial charge is 0.419 e. The zero-order chi connectivity index (χ0) is 32.1. The van der Waals surface area contributed by atoms with Crippen molar-refractivity contribution in [3.05, 3.63) is 76.4 Å². The molecular weight excluding hydrogens is 607 g/mol. The van der Waals surface area contributed by atoms with Crippen LogP contribution in [0.15, 0.2) is 54.7 Å². The van der Waals surface area contributed by atoms with Crippen LogP contribution in [0.25, 0.3) is 11.1 Å². The molecule has 2 aliphatic rings. The van der Waals surface area contributed by atoms with E-state index in [-0.39, 0.29) is 18.3 Å². The fourth-order valence-electron chi connectivity index (χ4n) is 6.16. The lowest BCUT2D eigenvalue weighted by Gasteiger charge is -2.34. The molecule has 238 valence electrons. The Labute approximate surface area is 264 Å². The number of anilines is 2. The summed E-state index contributed by atoms with van der Waals surface area (Å²) in [6.45, 7) is 3.82. The molecule has 1 aromatic heterocycles. The average Bonchev–Trinajstić information content (AvgIpc) is 3.34. The molecule has 8 nitrogen and oxygen atoms in total. The number of fused-ring (bicyclic) bond motifs is 1. The molecule has 2 N–H and O–H groups in total. The Kier molecular flexibility index (Phi) is 9.96. The standard InChI is InChI=1S/C33H35ClF3N5O3/c1-2-4-29(31(44)40-20-43)42-19-24-16-26(7-8-27(24)32(42)45)38-12-9-21-10-13-41(14-11-21)30-28(33(35,36)37)17-23(18-39-30)22-5-3-6-25(34)15-22/h3,5-8,15-18,20-21,29,38H,2,4,9-14,19H2,1H3,(H,40,43,44). The van der Waals surface area contributed by atoms with Crippen molar-refractivity contribution in [3.8, 4) is 11.1 Å². The molecule has 1 saturated heterocycles. The summed E-state index contributed by atoms with van der Waals surface area (Å²) in [4.78, 5) is 43.7. The summed E-state index contributed by atoms with van der Waals surface area (Å²) < 4.78 is 42.3. The van der Waals surface area contributed by atoms with Gasteiger partial charge in [-0.05, 0) is 79.1 Å². The molecule has 3 amide bonds. The number of alkyl halides is 3. The molecule has 12 heteroatoms. The fraction of sp³-hybridized carbons (Fsp3) is 0.394. The first-order valence-electron chi connectivity index (χ1n) is 15.1. The van der Waals surface area contributed by atoms with E-state index in [0.717, 1.165) is 36.6 Å². The molecule has 0 radical (unpaired) electrons. The number of carbonyl (C=O) groups excluding carboxylic acids is 3. The number of aromatic nitrogens is 1. The van der Waals surface area contributed by atoms with Gasteiger partial charge in [-0.25, -0.2) is 4.98 Å². The van der Waals surface area contributed by atoms with Crippen LogP contribution in [0.5, 0.6) is 0 Å². The molecule has 2 aliphatic heterocycles. The molecule has 0 bridgehead atoms. The maximum Gasteiger partial charge on any atom is 0.419 e. The van der Waals surface area contributed by atoms with E-state index in [0.29, 0.717) is 66.5 Å². The van der Waals surface area contributed by atoms with E-state index in [2.05, 4.69) is 15.6 Å². The maximum absolute atomic E-state index is 14.1. The number of rotatable bonds is 11. The fourth-order valence-corrected chi connectivity index (χ4v) is 6.35. The molecule has 1 unspecified atom stereocenters. The van der Waals surface area contributed by atoms with Crippen LogP contribution in [0.2, 0.25) is 5.02 Å². The molecule has 45 heavy (non-hydrogen) atoms. The first kappa shape index (κ1) is 32.3. The van der Waals surface area contributed by atoms with Gasteiger partial charge in [0.05, 0.1) is 5.56 Å². The smallest absolute Gasteiger partial charge is 0.385 e. The highest BCUT2D eigenvalue weighted by atomic mass is 35.5. The van der Waals surface area contributed by atoms with Crippen LogP contribution in [-0.4, -0.2) is 53.8 Å². The summed E-state index contributed by atoms with van der Waals surface area (Å²) in [6.07, 6.45) is 0.713. The Bertz CT molecular complexity index is 1560. The minimum atomic E-state index is -4.55. The van der Waals surface area contributed by atoms with Crippen LogP contribution in [0.3, 0.4) is 0 Å². The minimum Gasteiger partial charge on any atom is -0.385 e. The van der Waals surface area contributed by atoms with Crippen LogP contribution < -0.4 is 15.5 Å². The minimum absolute atomic E-state index is 0.0450. The van der Waals surface area contributed by atoms with Crippen molar-refractivity contribution in [1.29, 1.82) is 0 Å². The van der Waals surface area contributed by atoms with E-state index in [9.17, 15) is 27.6 Å². The average molecular weight is 642 g/mol. The molecular formula is C33H35ClF3N5O3. The Hall–Kier alpha value is -4.12. The molecule has 0 aliphatic carbocycles. The number of halogens is 4. The van der Waals surface area contributed by atoms with Crippen LogP contribution in [0.4, 0.5) is 24.7 Å². The highest BCUT2D eigenvalue weighted by molar-refractivity contribution is 6.30. The van der Waals surface area contributed by atoms with Gasteiger partial charge in [0, 0.05) is 54.2 Å². The highest BCUT2D eigenvalue weighted by Gasteiger charge is 2.38. The quantitative estimate of drug-likeness (QED) is 0.231. The summed E-state index contributed by atoms with van der Waals surface area (Å²) >= 11 is 6.04. The lowest BCUT2D eigenvalue weighted by atomic mass is 9.93. The number of imide groups is 1. The van der Waals surface area contributed by atoms with Gasteiger partial charge in [-0.3, -0.25) is 19.7 Å². The van der Waals surface area contributed by atoms with Crippen LogP contribution in [-0.2, 0) is 22.3 Å². The van der Waals surface area contributed by atoms with E-state index in [4.69, 9.17) is 11.6 Å². The number of amides is 3. The molecule has 3 aromatic rings. The van der Waals surface area contributed by atoms with Gasteiger partial charge in [0.1, 0.15) is 11.9 Å². The lowest BCUT2D eigenvalue weighted by molar-refractivity contribution is -0.137. The van der Waals surface area contributed by atoms with Gasteiger partial charge in [0.25, 0.3) is 5.91 Å². The van der Waals surface area contributed by atoms with Crippen molar-refractivity contribution in [2.45, 2.75) is 57.8 Å². The van der Waals surface area contributed by atoms with Gasteiger partial charge in [0.2, 0.25) is 12.3 Å². The summed E-state index contributed by atoms with van der Waals surface area (Å²) in [5.41, 5.74) is 2.40. The van der Waals surface area contributed by atoms with Gasteiger partial charge in [-0.15, -0.1) is 0 Å². The molecule has 2 aromatic carbocycles. The van der Waals surface area contributed by atoms with Crippen LogP contribution >= 0.6 is 11.6 Å². The van der Waals surface area contributed by atoms with Crippen molar-refractivity contribution >= 4 is 41.3 Å². The van der Waals surface area contributed by atoms with E-state index in [1.807, 2.05) is 19.1 Å². The van der Waals surface area contributed by atoms with Gasteiger partial charge in [-0.2, -0.15) is 13.2 Å². The van der Waals surface area contributed by atoms with Gasteiger partial charge in [-0.1, -0.05) is 37.1 Å². The number of piperidine rings is 1.